The van der Waals surface area contributed by atoms with Gasteiger partial charge in [0.05, 0.1) is 0 Å². The van der Waals surface area contributed by atoms with Crippen LogP contribution in [0.4, 0.5) is 4.79 Å². The van der Waals surface area contributed by atoms with E-state index in [1.54, 1.807) is 4.90 Å². The molecule has 23 heavy (non-hydrogen) atoms. The lowest BCUT2D eigenvalue weighted by Gasteiger charge is -2.36. The third-order valence-corrected chi connectivity index (χ3v) is 4.84. The summed E-state index contributed by atoms with van der Waals surface area (Å²) in [6, 6.07) is 0.837. The molecule has 1 aliphatic carbocycles. The van der Waals surface area contributed by atoms with E-state index < -0.39 is 5.60 Å². The van der Waals surface area contributed by atoms with Crippen LogP contribution >= 0.6 is 0 Å². The molecule has 136 valence electrons. The van der Waals surface area contributed by atoms with Gasteiger partial charge in [-0.2, -0.15) is 0 Å². The zero-order chi connectivity index (χ0) is 17.6. The van der Waals surface area contributed by atoms with Crippen LogP contribution in [-0.2, 0) is 4.74 Å². The van der Waals surface area contributed by atoms with E-state index in [9.17, 15) is 4.79 Å². The fraction of sp³-hybridized carbons (Fsp3) is 0.944. The smallest absolute Gasteiger partial charge is 0.410 e. The van der Waals surface area contributed by atoms with Gasteiger partial charge in [0.1, 0.15) is 5.60 Å². The highest BCUT2D eigenvalue weighted by atomic mass is 16.6. The Morgan fingerprint density at radius 2 is 1.83 bits per heavy atom. The maximum atomic E-state index is 12.1. The minimum absolute atomic E-state index is 0.211. The number of nitrogens with one attached hydrogen (secondary N) is 1. The summed E-state index contributed by atoms with van der Waals surface area (Å²) in [4.78, 5) is 13.9. The summed E-state index contributed by atoms with van der Waals surface area (Å²) >= 11 is 0. The third-order valence-electron chi connectivity index (χ3n) is 4.84. The van der Waals surface area contributed by atoms with Crippen molar-refractivity contribution in [1.29, 1.82) is 0 Å². The van der Waals surface area contributed by atoms with Crippen molar-refractivity contribution in [2.75, 3.05) is 20.1 Å². The molecule has 1 saturated carbocycles. The first-order valence-electron chi connectivity index (χ1n) is 9.03. The van der Waals surface area contributed by atoms with Crippen LogP contribution in [0.2, 0.25) is 0 Å². The van der Waals surface area contributed by atoms with Crippen LogP contribution in [-0.4, -0.2) is 48.8 Å². The topological polar surface area (TPSA) is 67.6 Å². The monoisotopic (exact) mass is 327 g/mol. The van der Waals surface area contributed by atoms with Crippen molar-refractivity contribution in [3.05, 3.63) is 0 Å². The largest absolute Gasteiger partial charge is 0.444 e. The van der Waals surface area contributed by atoms with Gasteiger partial charge in [-0.25, -0.2) is 4.79 Å². The Labute approximate surface area is 142 Å². The van der Waals surface area contributed by atoms with Gasteiger partial charge < -0.3 is 20.7 Å². The molecule has 0 saturated heterocycles. The van der Waals surface area contributed by atoms with E-state index in [4.69, 9.17) is 10.5 Å². The number of amides is 1. The van der Waals surface area contributed by atoms with Crippen molar-refractivity contribution in [1.82, 2.24) is 10.2 Å². The summed E-state index contributed by atoms with van der Waals surface area (Å²) in [6.07, 6.45) is 4.06. The lowest BCUT2D eigenvalue weighted by atomic mass is 9.89. The molecule has 1 unspecified atom stereocenters. The zero-order valence-electron chi connectivity index (χ0n) is 15.9. The summed E-state index contributed by atoms with van der Waals surface area (Å²) in [5, 5.41) is 3.67. The second-order valence-electron chi connectivity index (χ2n) is 8.24. The first kappa shape index (κ1) is 20.2. The summed E-state index contributed by atoms with van der Waals surface area (Å²) in [6.45, 7) is 11.9. The van der Waals surface area contributed by atoms with Crippen LogP contribution in [0.15, 0.2) is 0 Å². The Kier molecular flexibility index (Phi) is 7.81. The molecule has 0 heterocycles. The summed E-state index contributed by atoms with van der Waals surface area (Å²) in [7, 11) is 1.86. The van der Waals surface area contributed by atoms with E-state index in [0.717, 1.165) is 38.8 Å². The lowest BCUT2D eigenvalue weighted by Crippen LogP contribution is -2.46. The molecule has 5 heteroatoms. The van der Waals surface area contributed by atoms with E-state index in [0.29, 0.717) is 23.9 Å². The average Bonchev–Trinajstić information content (AvgIpc) is 2.45. The standard InChI is InChI=1S/C18H37N3O2/c1-13(2)14(11-19)12-20-15-7-9-16(10-8-15)21(6)17(22)23-18(3,4)5/h13-16,20H,7-12,19H2,1-6H3. The Bertz CT molecular complexity index is 358. The second kappa shape index (κ2) is 8.88. The molecule has 1 fully saturated rings. The minimum Gasteiger partial charge on any atom is -0.444 e. The lowest BCUT2D eigenvalue weighted by molar-refractivity contribution is 0.0179. The molecule has 0 spiro atoms. The predicted octanol–water partition coefficient (Wildman–Crippen LogP) is 2.99. The molecule has 1 atom stereocenters. The fourth-order valence-corrected chi connectivity index (χ4v) is 3.06. The van der Waals surface area contributed by atoms with E-state index in [1.165, 1.54) is 0 Å². The highest BCUT2D eigenvalue weighted by Crippen LogP contribution is 2.24. The predicted molar refractivity (Wildman–Crippen MR) is 95.4 cm³/mol. The van der Waals surface area contributed by atoms with Gasteiger partial charge in [0.2, 0.25) is 0 Å². The molecule has 0 radical (unpaired) electrons. The number of ether oxygens (including phenoxy) is 1. The Hall–Kier alpha value is -0.810. The van der Waals surface area contributed by atoms with Crippen molar-refractivity contribution in [2.24, 2.45) is 17.6 Å². The van der Waals surface area contributed by atoms with Gasteiger partial charge in [-0.15, -0.1) is 0 Å². The molecule has 5 nitrogen and oxygen atoms in total. The number of hydrogen-bond acceptors (Lipinski definition) is 4. The molecule has 1 amide bonds. The van der Waals surface area contributed by atoms with Gasteiger partial charge in [0.25, 0.3) is 0 Å². The van der Waals surface area contributed by atoms with Crippen LogP contribution in [0.5, 0.6) is 0 Å². The summed E-state index contributed by atoms with van der Waals surface area (Å²) in [5.41, 5.74) is 5.40. The first-order chi connectivity index (χ1) is 10.6. The molecule has 3 N–H and O–H groups in total. The minimum atomic E-state index is -0.432. The van der Waals surface area contributed by atoms with Crippen molar-refractivity contribution in [3.63, 3.8) is 0 Å². The molecular weight excluding hydrogens is 290 g/mol. The quantitative estimate of drug-likeness (QED) is 0.787. The molecule has 0 aromatic rings. The van der Waals surface area contributed by atoms with E-state index >= 15 is 0 Å². The third kappa shape index (κ3) is 7.08. The second-order valence-corrected chi connectivity index (χ2v) is 8.24. The molecule has 0 aromatic heterocycles. The number of carbonyl (C=O) groups excluding carboxylic acids is 1. The molecule has 1 aliphatic rings. The van der Waals surface area contributed by atoms with Gasteiger partial charge in [-0.1, -0.05) is 13.8 Å². The van der Waals surface area contributed by atoms with E-state index in [1.807, 2.05) is 27.8 Å². The van der Waals surface area contributed by atoms with Crippen molar-refractivity contribution < 1.29 is 9.53 Å². The number of nitrogens with two attached hydrogens (primary N) is 1. The van der Waals surface area contributed by atoms with Gasteiger partial charge in [-0.3, -0.25) is 0 Å². The average molecular weight is 328 g/mol. The fourth-order valence-electron chi connectivity index (χ4n) is 3.06. The highest BCUT2D eigenvalue weighted by molar-refractivity contribution is 5.68. The number of carbonyl (C=O) groups is 1. The van der Waals surface area contributed by atoms with Crippen LogP contribution in [0, 0.1) is 11.8 Å². The molecule has 1 rings (SSSR count). The number of nitrogens with zero attached hydrogens (tertiary/aromatic N) is 1. The van der Waals surface area contributed by atoms with Gasteiger partial charge >= 0.3 is 6.09 Å². The van der Waals surface area contributed by atoms with Crippen molar-refractivity contribution in [3.8, 4) is 0 Å². The van der Waals surface area contributed by atoms with Crippen LogP contribution in [0.25, 0.3) is 0 Å². The Morgan fingerprint density at radius 3 is 2.26 bits per heavy atom. The number of rotatable bonds is 6. The molecule has 0 aliphatic heterocycles. The maximum Gasteiger partial charge on any atom is 0.410 e. The maximum absolute atomic E-state index is 12.1. The zero-order valence-corrected chi connectivity index (χ0v) is 15.9. The van der Waals surface area contributed by atoms with Crippen LogP contribution in [0.1, 0.15) is 60.3 Å². The summed E-state index contributed by atoms with van der Waals surface area (Å²) in [5.74, 6) is 1.15. The molecule has 0 bridgehead atoms. The van der Waals surface area contributed by atoms with Crippen LogP contribution in [0.3, 0.4) is 0 Å². The highest BCUT2D eigenvalue weighted by Gasteiger charge is 2.29. The van der Waals surface area contributed by atoms with Crippen molar-refractivity contribution in [2.45, 2.75) is 78.0 Å². The van der Waals surface area contributed by atoms with Gasteiger partial charge in [-0.05, 0) is 71.4 Å². The van der Waals surface area contributed by atoms with Crippen LogP contribution < -0.4 is 11.1 Å². The first-order valence-corrected chi connectivity index (χ1v) is 9.03. The SMILES string of the molecule is CC(C)C(CN)CNC1CCC(N(C)C(=O)OC(C)(C)C)CC1. The summed E-state index contributed by atoms with van der Waals surface area (Å²) < 4.78 is 5.46. The molecule has 0 aromatic carbocycles. The van der Waals surface area contributed by atoms with E-state index in [-0.39, 0.29) is 6.09 Å². The molecular formula is C18H37N3O2. The Balaban J connectivity index is 2.36. The van der Waals surface area contributed by atoms with E-state index in [2.05, 4.69) is 19.2 Å². The van der Waals surface area contributed by atoms with Gasteiger partial charge in [0, 0.05) is 19.1 Å². The number of hydrogen-bond donors (Lipinski definition) is 2. The van der Waals surface area contributed by atoms with Gasteiger partial charge in [0.15, 0.2) is 0 Å². The van der Waals surface area contributed by atoms with Crippen molar-refractivity contribution >= 4 is 6.09 Å². The Morgan fingerprint density at radius 1 is 1.26 bits per heavy atom. The normalized spacial score (nSPS) is 23.7.